The largest absolute Gasteiger partial charge is 0.458 e. The van der Waals surface area contributed by atoms with E-state index in [0.717, 1.165) is 12.1 Å². The monoisotopic (exact) mass is 278 g/mol. The van der Waals surface area contributed by atoms with Gasteiger partial charge < -0.3 is 10.3 Å². The van der Waals surface area contributed by atoms with E-state index in [1.165, 1.54) is 6.07 Å². The number of alkyl halides is 5. The van der Waals surface area contributed by atoms with Gasteiger partial charge in [-0.3, -0.25) is 0 Å². The highest BCUT2D eigenvalue weighted by Crippen LogP contribution is 2.44. The first kappa shape index (κ1) is 13.3. The highest BCUT2D eigenvalue weighted by molar-refractivity contribution is 5.61. The first-order valence-corrected chi connectivity index (χ1v) is 4.99. The lowest BCUT2D eigenvalue weighted by molar-refractivity contribution is -0.289. The predicted octanol–water partition coefficient (Wildman–Crippen LogP) is 3.58. The summed E-state index contributed by atoms with van der Waals surface area (Å²) in [6.45, 7) is 0. The Hall–Kier alpha value is -2.12. The molecule has 3 nitrogen and oxygen atoms in total. The van der Waals surface area contributed by atoms with Gasteiger partial charge in [0.15, 0.2) is 0 Å². The fourth-order valence-corrected chi connectivity index (χ4v) is 1.44. The number of aromatic nitrogens is 1. The summed E-state index contributed by atoms with van der Waals surface area (Å²) in [5.74, 6) is -4.88. The van der Waals surface area contributed by atoms with Crippen molar-refractivity contribution in [3.8, 4) is 11.3 Å². The topological polar surface area (TPSA) is 52.0 Å². The molecule has 1 heterocycles. The maximum absolute atomic E-state index is 13.0. The fourth-order valence-electron chi connectivity index (χ4n) is 1.44. The number of benzene rings is 1. The maximum Gasteiger partial charge on any atom is 0.458 e. The minimum absolute atomic E-state index is 0.0136. The van der Waals surface area contributed by atoms with Crippen LogP contribution in [0.25, 0.3) is 11.3 Å². The van der Waals surface area contributed by atoms with Crippen LogP contribution in [0.3, 0.4) is 0 Å². The van der Waals surface area contributed by atoms with Gasteiger partial charge in [0, 0.05) is 17.2 Å². The Kier molecular flexibility index (Phi) is 2.95. The van der Waals surface area contributed by atoms with Crippen molar-refractivity contribution in [2.24, 2.45) is 0 Å². The molecule has 0 aliphatic heterocycles. The molecule has 0 atom stereocenters. The van der Waals surface area contributed by atoms with E-state index >= 15 is 0 Å². The minimum atomic E-state index is -5.63. The van der Waals surface area contributed by atoms with Gasteiger partial charge in [-0.05, 0) is 0 Å². The minimum Gasteiger partial charge on any atom is -0.368 e. The highest BCUT2D eigenvalue weighted by Gasteiger charge is 2.58. The summed E-state index contributed by atoms with van der Waals surface area (Å²) in [5, 5.41) is 3.52. The van der Waals surface area contributed by atoms with Crippen molar-refractivity contribution >= 4 is 5.88 Å². The Morgan fingerprint density at radius 1 is 1.00 bits per heavy atom. The van der Waals surface area contributed by atoms with Gasteiger partial charge >= 0.3 is 12.1 Å². The van der Waals surface area contributed by atoms with Gasteiger partial charge in [-0.15, -0.1) is 0 Å². The van der Waals surface area contributed by atoms with Crippen molar-refractivity contribution in [3.05, 3.63) is 35.9 Å². The summed E-state index contributed by atoms with van der Waals surface area (Å²) < 4.78 is 67.1. The molecule has 8 heteroatoms. The zero-order valence-electron chi connectivity index (χ0n) is 9.21. The molecule has 0 radical (unpaired) electrons. The zero-order chi connectivity index (χ0) is 14.3. The molecule has 102 valence electrons. The summed E-state index contributed by atoms with van der Waals surface area (Å²) >= 11 is 0. The first-order chi connectivity index (χ1) is 8.72. The van der Waals surface area contributed by atoms with Crippen LogP contribution < -0.4 is 5.73 Å². The van der Waals surface area contributed by atoms with Crippen LogP contribution in [-0.2, 0) is 5.92 Å². The fraction of sp³-hybridized carbons (Fsp3) is 0.182. The Balaban J connectivity index is 2.34. The van der Waals surface area contributed by atoms with Crippen LogP contribution in [0.4, 0.5) is 27.8 Å². The number of hydrogen-bond donors (Lipinski definition) is 1. The molecule has 0 amide bonds. The van der Waals surface area contributed by atoms with E-state index in [1.54, 1.807) is 0 Å². The normalized spacial score (nSPS) is 12.7. The van der Waals surface area contributed by atoms with Gasteiger partial charge in [0.25, 0.3) is 0 Å². The molecule has 19 heavy (non-hydrogen) atoms. The lowest BCUT2D eigenvalue weighted by Crippen LogP contribution is -2.33. The van der Waals surface area contributed by atoms with Gasteiger partial charge in [-0.1, -0.05) is 29.4 Å². The summed E-state index contributed by atoms with van der Waals surface area (Å²) in [7, 11) is 0. The number of hydrogen-bond acceptors (Lipinski definition) is 3. The van der Waals surface area contributed by atoms with E-state index < -0.39 is 17.7 Å². The SMILES string of the molecule is Nc1cc(-c2ccc(C(F)(F)C(F)(F)F)cc2)no1. The molecule has 0 fully saturated rings. The molecule has 0 spiro atoms. The molecule has 1 aromatic heterocycles. The van der Waals surface area contributed by atoms with Crippen LogP contribution in [0.1, 0.15) is 5.56 Å². The lowest BCUT2D eigenvalue weighted by Gasteiger charge is -2.19. The molecule has 2 rings (SSSR count). The van der Waals surface area contributed by atoms with Crippen molar-refractivity contribution in [1.29, 1.82) is 0 Å². The van der Waals surface area contributed by atoms with Crippen molar-refractivity contribution in [2.45, 2.75) is 12.1 Å². The molecular weight excluding hydrogens is 271 g/mol. The van der Waals surface area contributed by atoms with Gasteiger partial charge in [0.2, 0.25) is 5.88 Å². The molecule has 0 saturated carbocycles. The third kappa shape index (κ3) is 2.38. The Labute approximate surface area is 103 Å². The van der Waals surface area contributed by atoms with Crippen LogP contribution in [0.5, 0.6) is 0 Å². The average Bonchev–Trinajstić information content (AvgIpc) is 2.74. The molecule has 0 bridgehead atoms. The molecule has 2 aromatic rings. The van der Waals surface area contributed by atoms with Gasteiger partial charge in [-0.2, -0.15) is 22.0 Å². The highest BCUT2D eigenvalue weighted by atomic mass is 19.4. The lowest BCUT2D eigenvalue weighted by atomic mass is 10.0. The Bertz CT molecular complexity index is 574. The number of anilines is 1. The third-order valence-electron chi connectivity index (χ3n) is 2.43. The second-order valence-electron chi connectivity index (χ2n) is 3.76. The van der Waals surface area contributed by atoms with Crippen molar-refractivity contribution in [1.82, 2.24) is 5.16 Å². The Morgan fingerprint density at radius 3 is 2.00 bits per heavy atom. The van der Waals surface area contributed by atoms with E-state index in [1.807, 2.05) is 0 Å². The third-order valence-corrected chi connectivity index (χ3v) is 2.43. The summed E-state index contributed by atoms with van der Waals surface area (Å²) in [6.07, 6.45) is -5.63. The second-order valence-corrected chi connectivity index (χ2v) is 3.76. The number of nitrogens with two attached hydrogens (primary N) is 1. The second kappa shape index (κ2) is 4.22. The van der Waals surface area contributed by atoms with Crippen LogP contribution in [0, 0.1) is 0 Å². The number of rotatable bonds is 2. The standard InChI is InChI=1S/C11H7F5N2O/c12-10(13,11(14,15)16)7-3-1-6(2-4-7)8-5-9(17)19-18-8/h1-5H,17H2. The molecular formula is C11H7F5N2O. The van der Waals surface area contributed by atoms with Crippen LogP contribution in [-0.4, -0.2) is 11.3 Å². The van der Waals surface area contributed by atoms with Crippen LogP contribution in [0.2, 0.25) is 0 Å². The van der Waals surface area contributed by atoms with E-state index in [0.29, 0.717) is 17.7 Å². The molecule has 2 N–H and O–H groups in total. The van der Waals surface area contributed by atoms with Gasteiger partial charge in [0.05, 0.1) is 0 Å². The number of halogens is 5. The van der Waals surface area contributed by atoms with Crippen molar-refractivity contribution in [3.63, 3.8) is 0 Å². The zero-order valence-corrected chi connectivity index (χ0v) is 9.21. The molecule has 0 aliphatic carbocycles. The van der Waals surface area contributed by atoms with Gasteiger partial charge in [-0.25, -0.2) is 0 Å². The number of nitrogen functional groups attached to an aromatic ring is 1. The summed E-state index contributed by atoms with van der Waals surface area (Å²) in [6, 6.07) is 4.89. The molecule has 0 aliphatic rings. The summed E-state index contributed by atoms with van der Waals surface area (Å²) in [5.41, 5.74) is 4.71. The van der Waals surface area contributed by atoms with Crippen LogP contribution in [0.15, 0.2) is 34.9 Å². The number of nitrogens with zero attached hydrogens (tertiary/aromatic N) is 1. The summed E-state index contributed by atoms with van der Waals surface area (Å²) in [4.78, 5) is 0. The van der Waals surface area contributed by atoms with Crippen molar-refractivity contribution < 1.29 is 26.5 Å². The molecule has 1 aromatic carbocycles. The average molecular weight is 278 g/mol. The van der Waals surface area contributed by atoms with E-state index in [-0.39, 0.29) is 11.6 Å². The quantitative estimate of drug-likeness (QED) is 0.854. The molecule has 0 unspecified atom stereocenters. The molecule has 0 saturated heterocycles. The Morgan fingerprint density at radius 2 is 1.58 bits per heavy atom. The maximum atomic E-state index is 13.0. The smallest absolute Gasteiger partial charge is 0.368 e. The van der Waals surface area contributed by atoms with Crippen LogP contribution >= 0.6 is 0 Å². The predicted molar refractivity (Wildman–Crippen MR) is 56.3 cm³/mol. The van der Waals surface area contributed by atoms with Gasteiger partial charge in [0.1, 0.15) is 5.69 Å². The first-order valence-electron chi connectivity index (χ1n) is 4.99. The van der Waals surface area contributed by atoms with E-state index in [2.05, 4.69) is 9.68 Å². The van der Waals surface area contributed by atoms with E-state index in [4.69, 9.17) is 5.73 Å². The van der Waals surface area contributed by atoms with Crippen molar-refractivity contribution in [2.75, 3.05) is 5.73 Å². The van der Waals surface area contributed by atoms with E-state index in [9.17, 15) is 22.0 Å².